The highest BCUT2D eigenvalue weighted by Gasteiger charge is 2.34. The molecule has 20 heavy (non-hydrogen) atoms. The van der Waals surface area contributed by atoms with Crippen LogP contribution < -0.4 is 5.32 Å². The standard InChI is InChI=1S/C15H17F2NO2/c16-11-1-9(2-12(17)6-11)3-15(19)10-4-13-7-20-8-14(5-10)18-13/h1-2,6,10,13-14,18H,3-5,7-8H2. The fourth-order valence-corrected chi connectivity index (χ4v) is 3.16. The van der Waals surface area contributed by atoms with E-state index < -0.39 is 11.6 Å². The molecule has 2 saturated heterocycles. The van der Waals surface area contributed by atoms with Gasteiger partial charge in [0.1, 0.15) is 17.4 Å². The van der Waals surface area contributed by atoms with Crippen LogP contribution in [0.3, 0.4) is 0 Å². The zero-order valence-electron chi connectivity index (χ0n) is 11.1. The molecule has 3 rings (SSSR count). The Bertz CT molecular complexity index is 488. The monoisotopic (exact) mass is 281 g/mol. The molecular weight excluding hydrogens is 264 g/mol. The van der Waals surface area contributed by atoms with Crippen LogP contribution in [0.25, 0.3) is 0 Å². The lowest BCUT2D eigenvalue weighted by Crippen LogP contribution is -2.55. The highest BCUT2D eigenvalue weighted by atomic mass is 19.1. The average molecular weight is 281 g/mol. The van der Waals surface area contributed by atoms with Gasteiger partial charge in [0, 0.05) is 30.5 Å². The second-order valence-corrected chi connectivity index (χ2v) is 5.69. The number of rotatable bonds is 3. The minimum Gasteiger partial charge on any atom is -0.378 e. The van der Waals surface area contributed by atoms with Crippen LogP contribution in [0.5, 0.6) is 0 Å². The molecule has 1 aromatic carbocycles. The number of ketones is 1. The summed E-state index contributed by atoms with van der Waals surface area (Å²) >= 11 is 0. The van der Waals surface area contributed by atoms with Crippen LogP contribution >= 0.6 is 0 Å². The number of ether oxygens (including phenoxy) is 1. The summed E-state index contributed by atoms with van der Waals surface area (Å²) in [5.74, 6) is -1.25. The van der Waals surface area contributed by atoms with Crippen LogP contribution in [0.4, 0.5) is 8.78 Å². The van der Waals surface area contributed by atoms with Crippen LogP contribution in [0.2, 0.25) is 0 Å². The molecule has 2 heterocycles. The van der Waals surface area contributed by atoms with Crippen molar-refractivity contribution in [2.24, 2.45) is 5.92 Å². The quantitative estimate of drug-likeness (QED) is 0.919. The lowest BCUT2D eigenvalue weighted by Gasteiger charge is -2.39. The second kappa shape index (κ2) is 5.58. The van der Waals surface area contributed by atoms with Crippen molar-refractivity contribution in [1.82, 2.24) is 5.32 Å². The molecule has 2 aliphatic heterocycles. The van der Waals surface area contributed by atoms with Gasteiger partial charge in [0.2, 0.25) is 0 Å². The Morgan fingerprint density at radius 3 is 2.35 bits per heavy atom. The predicted molar refractivity (Wildman–Crippen MR) is 69.3 cm³/mol. The summed E-state index contributed by atoms with van der Waals surface area (Å²) in [5, 5.41) is 3.42. The van der Waals surface area contributed by atoms with E-state index >= 15 is 0 Å². The molecule has 0 aromatic heterocycles. The third-order valence-corrected chi connectivity index (χ3v) is 4.00. The molecule has 108 valence electrons. The van der Waals surface area contributed by atoms with Crippen molar-refractivity contribution in [3.8, 4) is 0 Å². The molecule has 2 unspecified atom stereocenters. The number of nitrogens with one attached hydrogen (secondary N) is 1. The fourth-order valence-electron chi connectivity index (χ4n) is 3.16. The minimum atomic E-state index is -0.636. The molecule has 0 aliphatic carbocycles. The Morgan fingerprint density at radius 1 is 1.15 bits per heavy atom. The summed E-state index contributed by atoms with van der Waals surface area (Å²) in [4.78, 5) is 12.3. The summed E-state index contributed by atoms with van der Waals surface area (Å²) in [5.41, 5.74) is 0.410. The van der Waals surface area contributed by atoms with Gasteiger partial charge in [-0.2, -0.15) is 0 Å². The van der Waals surface area contributed by atoms with E-state index in [-0.39, 0.29) is 30.2 Å². The molecule has 0 radical (unpaired) electrons. The maximum atomic E-state index is 13.1. The van der Waals surface area contributed by atoms with Gasteiger partial charge >= 0.3 is 0 Å². The number of Topliss-reactive ketones (excluding diaryl/α,β-unsaturated/α-hetero) is 1. The number of benzene rings is 1. The van der Waals surface area contributed by atoms with Gasteiger partial charge in [0.25, 0.3) is 0 Å². The first-order chi connectivity index (χ1) is 9.60. The molecule has 1 aromatic rings. The maximum absolute atomic E-state index is 13.1. The summed E-state index contributed by atoms with van der Waals surface area (Å²) < 4.78 is 31.7. The molecule has 2 fully saturated rings. The summed E-state index contributed by atoms with van der Waals surface area (Å²) in [6.45, 7) is 1.27. The van der Waals surface area contributed by atoms with E-state index in [1.807, 2.05) is 0 Å². The highest BCUT2D eigenvalue weighted by Crippen LogP contribution is 2.26. The van der Waals surface area contributed by atoms with Crippen molar-refractivity contribution in [2.45, 2.75) is 31.3 Å². The van der Waals surface area contributed by atoms with Crippen LogP contribution in [-0.4, -0.2) is 31.1 Å². The minimum absolute atomic E-state index is 0.0403. The smallest absolute Gasteiger partial charge is 0.140 e. The molecule has 0 amide bonds. The highest BCUT2D eigenvalue weighted by molar-refractivity contribution is 5.83. The van der Waals surface area contributed by atoms with Gasteiger partial charge in [0.05, 0.1) is 13.2 Å². The zero-order chi connectivity index (χ0) is 14.1. The lowest BCUT2D eigenvalue weighted by atomic mass is 9.82. The van der Waals surface area contributed by atoms with Crippen molar-refractivity contribution < 1.29 is 18.3 Å². The van der Waals surface area contributed by atoms with Crippen LogP contribution in [0, 0.1) is 17.6 Å². The second-order valence-electron chi connectivity index (χ2n) is 5.69. The van der Waals surface area contributed by atoms with E-state index in [1.165, 1.54) is 12.1 Å². The van der Waals surface area contributed by atoms with Gasteiger partial charge in [-0.05, 0) is 30.5 Å². The number of piperidine rings is 1. The van der Waals surface area contributed by atoms with Gasteiger partial charge in [-0.1, -0.05) is 0 Å². The van der Waals surface area contributed by atoms with Crippen LogP contribution in [0.1, 0.15) is 18.4 Å². The molecule has 0 spiro atoms. The average Bonchev–Trinajstić information content (AvgIpc) is 2.36. The normalized spacial score (nSPS) is 29.2. The topological polar surface area (TPSA) is 38.3 Å². The Kier molecular flexibility index (Phi) is 3.81. The van der Waals surface area contributed by atoms with Crippen LogP contribution in [-0.2, 0) is 16.0 Å². The number of morpholine rings is 1. The van der Waals surface area contributed by atoms with Crippen molar-refractivity contribution >= 4 is 5.78 Å². The van der Waals surface area contributed by atoms with Gasteiger partial charge < -0.3 is 10.1 Å². The summed E-state index contributed by atoms with van der Waals surface area (Å²) in [7, 11) is 0. The van der Waals surface area contributed by atoms with E-state index in [4.69, 9.17) is 4.74 Å². The van der Waals surface area contributed by atoms with Gasteiger partial charge in [-0.25, -0.2) is 8.78 Å². The Hall–Kier alpha value is -1.33. The third kappa shape index (κ3) is 3.04. The molecule has 5 heteroatoms. The van der Waals surface area contributed by atoms with Crippen molar-refractivity contribution in [3.05, 3.63) is 35.4 Å². The predicted octanol–water partition coefficient (Wildman–Crippen LogP) is 1.84. The van der Waals surface area contributed by atoms with Crippen molar-refractivity contribution in [2.75, 3.05) is 13.2 Å². The molecule has 0 saturated carbocycles. The van der Waals surface area contributed by atoms with Gasteiger partial charge in [0.15, 0.2) is 0 Å². The molecule has 2 atom stereocenters. The maximum Gasteiger partial charge on any atom is 0.140 e. The van der Waals surface area contributed by atoms with Crippen LogP contribution in [0.15, 0.2) is 18.2 Å². The molecule has 2 bridgehead atoms. The zero-order valence-corrected chi connectivity index (χ0v) is 11.1. The Balaban J connectivity index is 1.67. The number of hydrogen-bond donors (Lipinski definition) is 1. The summed E-state index contributed by atoms with van der Waals surface area (Å²) in [6, 6.07) is 3.72. The Labute approximate surface area is 116 Å². The first-order valence-corrected chi connectivity index (χ1v) is 6.91. The van der Waals surface area contributed by atoms with E-state index in [1.54, 1.807) is 0 Å². The number of hydrogen-bond acceptors (Lipinski definition) is 3. The molecule has 1 N–H and O–H groups in total. The molecule has 2 aliphatic rings. The number of carbonyl (C=O) groups is 1. The largest absolute Gasteiger partial charge is 0.378 e. The SMILES string of the molecule is O=C(Cc1cc(F)cc(F)c1)C1CC2COCC(C1)N2. The first-order valence-electron chi connectivity index (χ1n) is 6.91. The number of halogens is 2. The van der Waals surface area contributed by atoms with Gasteiger partial charge in [-0.3, -0.25) is 4.79 Å². The molecule has 3 nitrogen and oxygen atoms in total. The van der Waals surface area contributed by atoms with E-state index in [9.17, 15) is 13.6 Å². The Morgan fingerprint density at radius 2 is 1.75 bits per heavy atom. The van der Waals surface area contributed by atoms with Gasteiger partial charge in [-0.15, -0.1) is 0 Å². The molecular formula is C15H17F2NO2. The third-order valence-electron chi connectivity index (χ3n) is 4.00. The lowest BCUT2D eigenvalue weighted by molar-refractivity contribution is -0.125. The van der Waals surface area contributed by atoms with E-state index in [0.29, 0.717) is 18.8 Å². The number of fused-ring (bicyclic) bond motifs is 2. The number of carbonyl (C=O) groups excluding carboxylic acids is 1. The fraction of sp³-hybridized carbons (Fsp3) is 0.533. The van der Waals surface area contributed by atoms with E-state index in [0.717, 1.165) is 18.9 Å². The van der Waals surface area contributed by atoms with E-state index in [2.05, 4.69) is 5.32 Å². The first kappa shape index (κ1) is 13.6. The summed E-state index contributed by atoms with van der Waals surface area (Å²) in [6.07, 6.45) is 1.58. The van der Waals surface area contributed by atoms with Crippen molar-refractivity contribution in [1.29, 1.82) is 0 Å². The van der Waals surface area contributed by atoms with Crippen molar-refractivity contribution in [3.63, 3.8) is 0 Å².